The molecular weight excluding hydrogens is 360 g/mol. The minimum Gasteiger partial charge on any atom is -0.376 e. The van der Waals surface area contributed by atoms with Gasteiger partial charge in [-0.3, -0.25) is 0 Å². The average Bonchev–Trinajstić information content (AvgIpc) is 3.42. The Bertz CT molecular complexity index is 1120. The predicted octanol–water partition coefficient (Wildman–Crippen LogP) is 4.53. The fraction of sp³-hybridized carbons (Fsp3) is 0.417. The van der Waals surface area contributed by atoms with Gasteiger partial charge in [0.2, 0.25) is 0 Å². The van der Waals surface area contributed by atoms with Crippen molar-refractivity contribution >= 4 is 11.0 Å². The van der Waals surface area contributed by atoms with E-state index >= 15 is 0 Å². The number of aromatic nitrogens is 2. The normalized spacial score (nSPS) is 19.3. The van der Waals surface area contributed by atoms with Crippen molar-refractivity contribution in [2.24, 2.45) is 0 Å². The Labute approximate surface area is 171 Å². The summed E-state index contributed by atoms with van der Waals surface area (Å²) in [4.78, 5) is 7.88. The standard InChI is InChI=1S/C24H26N4O/c1-24(2,14-25)21-12-28-23-19(21)10-17(11-27-23)16-8-15-5-7-29-13-20(15)18(9-16)22-4-3-6-26-22/h8-12,22,26H,3-7,13H2,1-2H3,(H,27,28)/t22-/m0/s1. The summed E-state index contributed by atoms with van der Waals surface area (Å²) in [6, 6.07) is 9.63. The van der Waals surface area contributed by atoms with Crippen LogP contribution in [0.1, 0.15) is 55.0 Å². The van der Waals surface area contributed by atoms with Gasteiger partial charge in [0.15, 0.2) is 0 Å². The number of fused-ring (bicyclic) bond motifs is 2. The summed E-state index contributed by atoms with van der Waals surface area (Å²) in [6.07, 6.45) is 7.20. The van der Waals surface area contributed by atoms with Crippen molar-refractivity contribution in [2.45, 2.75) is 51.2 Å². The molecule has 1 aromatic carbocycles. The minimum atomic E-state index is -0.565. The van der Waals surface area contributed by atoms with Gasteiger partial charge in [-0.2, -0.15) is 5.26 Å². The molecule has 0 radical (unpaired) electrons. The van der Waals surface area contributed by atoms with Gasteiger partial charge in [0, 0.05) is 29.4 Å². The Kier molecular flexibility index (Phi) is 4.42. The summed E-state index contributed by atoms with van der Waals surface area (Å²) in [5, 5.41) is 14.3. The summed E-state index contributed by atoms with van der Waals surface area (Å²) >= 11 is 0. The molecule has 2 aliphatic heterocycles. The molecule has 5 heteroatoms. The van der Waals surface area contributed by atoms with Crippen molar-refractivity contribution in [2.75, 3.05) is 13.2 Å². The third kappa shape index (κ3) is 3.13. The minimum absolute atomic E-state index is 0.405. The highest BCUT2D eigenvalue weighted by molar-refractivity contribution is 5.86. The molecule has 1 fully saturated rings. The first-order valence-electron chi connectivity index (χ1n) is 10.4. The number of rotatable bonds is 3. The first kappa shape index (κ1) is 18.4. The maximum Gasteiger partial charge on any atom is 0.137 e. The van der Waals surface area contributed by atoms with E-state index in [0.717, 1.165) is 41.7 Å². The lowest BCUT2D eigenvalue weighted by Crippen LogP contribution is -2.19. The van der Waals surface area contributed by atoms with Crippen LogP contribution in [0.25, 0.3) is 22.2 Å². The Morgan fingerprint density at radius 2 is 2.14 bits per heavy atom. The van der Waals surface area contributed by atoms with Crippen molar-refractivity contribution in [1.29, 1.82) is 5.26 Å². The second-order valence-corrected chi connectivity index (χ2v) is 8.71. The lowest BCUT2D eigenvalue weighted by atomic mass is 9.85. The van der Waals surface area contributed by atoms with Gasteiger partial charge in [0.05, 0.1) is 24.7 Å². The van der Waals surface area contributed by atoms with Crippen molar-refractivity contribution in [3.8, 4) is 17.2 Å². The zero-order valence-corrected chi connectivity index (χ0v) is 17.0. The Morgan fingerprint density at radius 3 is 2.93 bits per heavy atom. The van der Waals surface area contributed by atoms with Crippen molar-refractivity contribution in [3.63, 3.8) is 0 Å². The largest absolute Gasteiger partial charge is 0.376 e. The van der Waals surface area contributed by atoms with E-state index in [1.165, 1.54) is 35.1 Å². The number of nitriles is 1. The summed E-state index contributed by atoms with van der Waals surface area (Å²) < 4.78 is 5.78. The Balaban J connectivity index is 1.65. The van der Waals surface area contributed by atoms with E-state index in [2.05, 4.69) is 39.6 Å². The Morgan fingerprint density at radius 1 is 1.24 bits per heavy atom. The monoisotopic (exact) mass is 386 g/mol. The molecule has 29 heavy (non-hydrogen) atoms. The predicted molar refractivity (Wildman–Crippen MR) is 114 cm³/mol. The van der Waals surface area contributed by atoms with Crippen LogP contribution in [0, 0.1) is 11.3 Å². The van der Waals surface area contributed by atoms with Gasteiger partial charge in [-0.05, 0) is 79.6 Å². The summed E-state index contributed by atoms with van der Waals surface area (Å²) in [5.74, 6) is 0. The highest BCUT2D eigenvalue weighted by Gasteiger charge is 2.26. The molecule has 5 nitrogen and oxygen atoms in total. The number of H-pyrrole nitrogens is 1. The fourth-order valence-corrected chi connectivity index (χ4v) is 4.68. The van der Waals surface area contributed by atoms with Crippen LogP contribution in [0.3, 0.4) is 0 Å². The van der Waals surface area contributed by atoms with E-state index in [1.54, 1.807) is 0 Å². The smallest absolute Gasteiger partial charge is 0.137 e. The number of hydrogen-bond acceptors (Lipinski definition) is 4. The third-order valence-corrected chi connectivity index (χ3v) is 6.39. The van der Waals surface area contributed by atoms with Gasteiger partial charge in [0.1, 0.15) is 5.65 Å². The number of nitrogens with zero attached hydrogens (tertiary/aromatic N) is 2. The van der Waals surface area contributed by atoms with Crippen LogP contribution in [0.2, 0.25) is 0 Å². The van der Waals surface area contributed by atoms with Gasteiger partial charge in [-0.25, -0.2) is 4.98 Å². The van der Waals surface area contributed by atoms with Crippen LogP contribution in [-0.2, 0) is 23.2 Å². The molecule has 2 aromatic heterocycles. The van der Waals surface area contributed by atoms with Gasteiger partial charge >= 0.3 is 0 Å². The molecule has 5 rings (SSSR count). The number of pyridine rings is 1. The molecule has 2 aliphatic rings. The molecule has 1 atom stereocenters. The summed E-state index contributed by atoms with van der Waals surface area (Å²) in [7, 11) is 0. The third-order valence-electron chi connectivity index (χ3n) is 6.39. The molecule has 2 N–H and O–H groups in total. The van der Waals surface area contributed by atoms with Gasteiger partial charge < -0.3 is 15.0 Å². The van der Waals surface area contributed by atoms with Crippen molar-refractivity contribution < 1.29 is 4.74 Å². The molecule has 0 amide bonds. The second-order valence-electron chi connectivity index (χ2n) is 8.71. The van der Waals surface area contributed by atoms with Gasteiger partial charge in [-0.1, -0.05) is 6.07 Å². The number of aromatic amines is 1. The second kappa shape index (κ2) is 6.98. The topological polar surface area (TPSA) is 73.7 Å². The average molecular weight is 386 g/mol. The quantitative estimate of drug-likeness (QED) is 0.694. The molecule has 0 bridgehead atoms. The van der Waals surface area contributed by atoms with Crippen molar-refractivity contribution in [3.05, 3.63) is 52.8 Å². The lowest BCUT2D eigenvalue weighted by Gasteiger charge is -2.24. The molecule has 0 unspecified atom stereocenters. The SMILES string of the molecule is CC(C)(C#N)c1c[nH]c2ncc(-c3cc4c(c([C@@H]5CCCN5)c3)COCC4)cc12. The van der Waals surface area contributed by atoms with Crippen molar-refractivity contribution in [1.82, 2.24) is 15.3 Å². The molecule has 3 aromatic rings. The molecule has 4 heterocycles. The maximum atomic E-state index is 9.60. The van der Waals surface area contributed by atoms with E-state index in [9.17, 15) is 5.26 Å². The van der Waals surface area contributed by atoms with E-state index in [4.69, 9.17) is 4.74 Å². The maximum absolute atomic E-state index is 9.60. The Hall–Kier alpha value is -2.68. The van der Waals surface area contributed by atoms with Crippen LogP contribution >= 0.6 is 0 Å². The van der Waals surface area contributed by atoms with Crippen LogP contribution in [0.5, 0.6) is 0 Å². The van der Waals surface area contributed by atoms with Gasteiger partial charge in [-0.15, -0.1) is 0 Å². The molecule has 0 spiro atoms. The van der Waals surface area contributed by atoms with E-state index < -0.39 is 5.41 Å². The molecule has 1 saturated heterocycles. The summed E-state index contributed by atoms with van der Waals surface area (Å²) in [6.45, 7) is 6.46. The molecule has 148 valence electrons. The molecule has 0 aliphatic carbocycles. The number of ether oxygens (including phenoxy) is 1. The highest BCUT2D eigenvalue weighted by atomic mass is 16.5. The van der Waals surface area contributed by atoms with E-state index in [0.29, 0.717) is 12.6 Å². The lowest BCUT2D eigenvalue weighted by molar-refractivity contribution is 0.109. The highest BCUT2D eigenvalue weighted by Crippen LogP contribution is 2.36. The van der Waals surface area contributed by atoms with Crippen LogP contribution in [-0.4, -0.2) is 23.1 Å². The van der Waals surface area contributed by atoms with Crippen LogP contribution in [0.15, 0.2) is 30.6 Å². The van der Waals surface area contributed by atoms with E-state index in [-0.39, 0.29) is 0 Å². The fourth-order valence-electron chi connectivity index (χ4n) is 4.68. The number of benzene rings is 1. The van der Waals surface area contributed by atoms with Crippen LogP contribution < -0.4 is 5.32 Å². The zero-order valence-electron chi connectivity index (χ0n) is 17.0. The number of hydrogen-bond donors (Lipinski definition) is 2. The number of nitrogens with one attached hydrogen (secondary N) is 2. The van der Waals surface area contributed by atoms with Crippen LogP contribution in [0.4, 0.5) is 0 Å². The first-order valence-corrected chi connectivity index (χ1v) is 10.4. The first-order chi connectivity index (χ1) is 14.1. The van der Waals surface area contributed by atoms with Gasteiger partial charge in [0.25, 0.3) is 0 Å². The molecular formula is C24H26N4O. The summed E-state index contributed by atoms with van der Waals surface area (Å²) in [5.41, 5.74) is 7.69. The zero-order chi connectivity index (χ0) is 20.0. The van der Waals surface area contributed by atoms with E-state index in [1.807, 2.05) is 26.2 Å². The molecule has 0 saturated carbocycles.